The molecule has 1 saturated carbocycles. The van der Waals surface area contributed by atoms with Crippen molar-refractivity contribution in [3.8, 4) is 0 Å². The number of ether oxygens (including phenoxy) is 1. The average molecular weight is 254 g/mol. The van der Waals surface area contributed by atoms with Crippen LogP contribution in [0.1, 0.15) is 48.2 Å². The van der Waals surface area contributed by atoms with E-state index >= 15 is 0 Å². The van der Waals surface area contributed by atoms with Crippen molar-refractivity contribution < 1.29 is 13.9 Å². The van der Waals surface area contributed by atoms with Crippen LogP contribution in [0.25, 0.3) is 0 Å². The maximum Gasteiger partial charge on any atom is 0.374 e. The highest BCUT2D eigenvalue weighted by Crippen LogP contribution is 2.31. The smallest absolute Gasteiger partial charge is 0.374 e. The van der Waals surface area contributed by atoms with Gasteiger partial charge >= 0.3 is 5.97 Å². The van der Waals surface area contributed by atoms with E-state index in [1.165, 1.54) is 39.2 Å². The van der Waals surface area contributed by atoms with Crippen LogP contribution in [0.15, 0.2) is 16.7 Å². The quantitative estimate of drug-likeness (QED) is 0.769. The zero-order valence-electron chi connectivity index (χ0n) is 10.1. The second-order valence-electron chi connectivity index (χ2n) is 4.34. The van der Waals surface area contributed by atoms with Gasteiger partial charge < -0.3 is 9.15 Å². The molecule has 0 saturated heterocycles. The van der Waals surface area contributed by atoms with Crippen LogP contribution in [0, 0.1) is 0 Å². The lowest BCUT2D eigenvalue weighted by Gasteiger charge is -2.20. The lowest BCUT2D eigenvalue weighted by atomic mass is 10.0. The maximum absolute atomic E-state index is 11.4. The molecule has 0 amide bonds. The number of hydrogen-bond acceptors (Lipinski definition) is 4. The number of methoxy groups -OCH3 is 1. The molecule has 0 atom stereocenters. The van der Waals surface area contributed by atoms with Crippen molar-refractivity contribution >= 4 is 17.7 Å². The van der Waals surface area contributed by atoms with Crippen LogP contribution in [0.5, 0.6) is 0 Å². The summed E-state index contributed by atoms with van der Waals surface area (Å²) in [6, 6.07) is 1.86. The van der Waals surface area contributed by atoms with E-state index in [0.29, 0.717) is 5.76 Å². The van der Waals surface area contributed by atoms with E-state index in [9.17, 15) is 4.79 Å². The minimum Gasteiger partial charge on any atom is -0.463 e. The summed E-state index contributed by atoms with van der Waals surface area (Å²) in [7, 11) is 1.38. The fourth-order valence-electron chi connectivity index (χ4n) is 2.16. The Bertz CT molecular complexity index is 366. The number of thioether (sulfide) groups is 1. The molecule has 0 bridgehead atoms. The normalized spacial score (nSPS) is 17.0. The van der Waals surface area contributed by atoms with Gasteiger partial charge in [-0.25, -0.2) is 4.79 Å². The molecule has 4 heteroatoms. The van der Waals surface area contributed by atoms with Gasteiger partial charge in [0.25, 0.3) is 0 Å². The molecule has 0 N–H and O–H groups in total. The first-order valence-corrected chi connectivity index (χ1v) is 7.12. The van der Waals surface area contributed by atoms with Crippen LogP contribution in [0.4, 0.5) is 0 Å². The van der Waals surface area contributed by atoms with E-state index in [-0.39, 0.29) is 5.97 Å². The van der Waals surface area contributed by atoms with Gasteiger partial charge in [0, 0.05) is 16.6 Å². The predicted octanol–water partition coefficient (Wildman–Crippen LogP) is 3.63. The standard InChI is InChI=1S/C13H18O3S/c1-15-13(14)12-10(7-8-16-12)9-17-11-5-3-2-4-6-11/h7-8,11H,2-6,9H2,1H3. The van der Waals surface area contributed by atoms with E-state index in [4.69, 9.17) is 4.42 Å². The van der Waals surface area contributed by atoms with Crippen LogP contribution >= 0.6 is 11.8 Å². The number of hydrogen-bond donors (Lipinski definition) is 0. The molecule has 1 aromatic rings. The molecule has 3 nitrogen and oxygen atoms in total. The molecule has 17 heavy (non-hydrogen) atoms. The van der Waals surface area contributed by atoms with E-state index in [0.717, 1.165) is 16.6 Å². The highest BCUT2D eigenvalue weighted by molar-refractivity contribution is 7.99. The van der Waals surface area contributed by atoms with Gasteiger partial charge in [0.1, 0.15) is 0 Å². The summed E-state index contributed by atoms with van der Waals surface area (Å²) >= 11 is 1.93. The molecule has 1 aliphatic carbocycles. The molecule has 1 aliphatic rings. The molecule has 0 radical (unpaired) electrons. The summed E-state index contributed by atoms with van der Waals surface area (Å²) in [4.78, 5) is 11.4. The second kappa shape index (κ2) is 6.15. The molecule has 1 heterocycles. The summed E-state index contributed by atoms with van der Waals surface area (Å²) in [5, 5.41) is 0.740. The SMILES string of the molecule is COC(=O)c1occc1CSC1CCCCC1. The van der Waals surface area contributed by atoms with E-state index in [1.807, 2.05) is 17.8 Å². The summed E-state index contributed by atoms with van der Waals surface area (Å²) in [6.45, 7) is 0. The third-order valence-electron chi connectivity index (χ3n) is 3.14. The Labute approximate surface area is 106 Å². The van der Waals surface area contributed by atoms with Crippen molar-refractivity contribution in [2.24, 2.45) is 0 Å². The first kappa shape index (κ1) is 12.6. The Morgan fingerprint density at radius 3 is 2.94 bits per heavy atom. The monoisotopic (exact) mass is 254 g/mol. The van der Waals surface area contributed by atoms with Crippen LogP contribution in [0.3, 0.4) is 0 Å². The van der Waals surface area contributed by atoms with Gasteiger partial charge in [-0.3, -0.25) is 0 Å². The molecule has 1 fully saturated rings. The Kier molecular flexibility index (Phi) is 4.54. The predicted molar refractivity (Wildman–Crippen MR) is 68.2 cm³/mol. The second-order valence-corrected chi connectivity index (χ2v) is 5.63. The van der Waals surface area contributed by atoms with Crippen LogP contribution < -0.4 is 0 Å². The molecule has 0 aromatic carbocycles. The van der Waals surface area contributed by atoms with Crippen molar-refractivity contribution in [1.82, 2.24) is 0 Å². The first-order valence-electron chi connectivity index (χ1n) is 6.07. The summed E-state index contributed by atoms with van der Waals surface area (Å²) in [5.41, 5.74) is 0.951. The maximum atomic E-state index is 11.4. The number of furan rings is 1. The van der Waals surface area contributed by atoms with Crippen molar-refractivity contribution in [3.05, 3.63) is 23.7 Å². The zero-order valence-corrected chi connectivity index (χ0v) is 10.9. The van der Waals surface area contributed by atoms with Gasteiger partial charge in [0.05, 0.1) is 13.4 Å². The van der Waals surface area contributed by atoms with E-state index < -0.39 is 0 Å². The van der Waals surface area contributed by atoms with Crippen molar-refractivity contribution in [3.63, 3.8) is 0 Å². The fraction of sp³-hybridized carbons (Fsp3) is 0.615. The molecular weight excluding hydrogens is 236 g/mol. The molecule has 2 rings (SSSR count). The molecule has 0 aliphatic heterocycles. The Morgan fingerprint density at radius 2 is 2.24 bits per heavy atom. The molecule has 0 unspecified atom stereocenters. The van der Waals surface area contributed by atoms with Crippen LogP contribution in [0.2, 0.25) is 0 Å². The average Bonchev–Trinajstić information content (AvgIpc) is 2.85. The van der Waals surface area contributed by atoms with Gasteiger partial charge in [-0.05, 0) is 18.9 Å². The highest BCUT2D eigenvalue weighted by atomic mass is 32.2. The lowest BCUT2D eigenvalue weighted by Crippen LogP contribution is -2.09. The Balaban J connectivity index is 1.89. The van der Waals surface area contributed by atoms with Crippen molar-refractivity contribution in [2.45, 2.75) is 43.1 Å². The molecular formula is C13H18O3S. The van der Waals surface area contributed by atoms with Gasteiger partial charge in [-0.1, -0.05) is 19.3 Å². The first-order chi connectivity index (χ1) is 8.31. The summed E-state index contributed by atoms with van der Waals surface area (Å²) < 4.78 is 9.85. The third-order valence-corrected chi connectivity index (χ3v) is 4.56. The van der Waals surface area contributed by atoms with Gasteiger partial charge in [-0.2, -0.15) is 11.8 Å². The van der Waals surface area contributed by atoms with Crippen molar-refractivity contribution in [2.75, 3.05) is 7.11 Å². The molecule has 1 aromatic heterocycles. The zero-order chi connectivity index (χ0) is 12.1. The number of rotatable bonds is 4. The summed E-state index contributed by atoms with van der Waals surface area (Å²) in [5.74, 6) is 0.816. The Hall–Kier alpha value is -0.900. The topological polar surface area (TPSA) is 39.4 Å². The van der Waals surface area contributed by atoms with Crippen LogP contribution in [-0.4, -0.2) is 18.3 Å². The minimum absolute atomic E-state index is 0.357. The third kappa shape index (κ3) is 3.28. The number of esters is 1. The lowest BCUT2D eigenvalue weighted by molar-refractivity contribution is 0.0564. The van der Waals surface area contributed by atoms with Gasteiger partial charge in [-0.15, -0.1) is 0 Å². The van der Waals surface area contributed by atoms with E-state index in [1.54, 1.807) is 6.26 Å². The summed E-state index contributed by atoms with van der Waals surface area (Å²) in [6.07, 6.45) is 8.21. The number of carbonyl (C=O) groups excluding carboxylic acids is 1. The largest absolute Gasteiger partial charge is 0.463 e. The van der Waals surface area contributed by atoms with E-state index in [2.05, 4.69) is 4.74 Å². The minimum atomic E-state index is -0.380. The Morgan fingerprint density at radius 1 is 1.47 bits per heavy atom. The van der Waals surface area contributed by atoms with Gasteiger partial charge in [0.2, 0.25) is 5.76 Å². The van der Waals surface area contributed by atoms with Gasteiger partial charge in [0.15, 0.2) is 0 Å². The van der Waals surface area contributed by atoms with Crippen molar-refractivity contribution in [1.29, 1.82) is 0 Å². The number of carbonyl (C=O) groups is 1. The van der Waals surface area contributed by atoms with Crippen LogP contribution in [-0.2, 0) is 10.5 Å². The molecule has 0 spiro atoms. The highest BCUT2D eigenvalue weighted by Gasteiger charge is 2.18. The molecule has 94 valence electrons. The fourth-order valence-corrected chi connectivity index (χ4v) is 3.47.